The number of rotatable bonds is 6. The monoisotopic (exact) mass is 499 g/mol. The average Bonchev–Trinajstić information content (AvgIpc) is 2.68. The zero-order chi connectivity index (χ0) is 22.8. The van der Waals surface area contributed by atoms with Crippen molar-refractivity contribution in [3.05, 3.63) is 58.1 Å². The summed E-state index contributed by atoms with van der Waals surface area (Å²) in [5.41, 5.74) is 2.84. The lowest BCUT2D eigenvalue weighted by atomic mass is 9.87. The number of carboxylic acid groups (broad SMARTS) is 1. The highest BCUT2D eigenvalue weighted by molar-refractivity contribution is 9.10. The number of aromatic nitrogens is 1. The lowest BCUT2D eigenvalue weighted by Gasteiger charge is -2.39. The van der Waals surface area contributed by atoms with E-state index in [9.17, 15) is 22.8 Å². The third kappa shape index (κ3) is 5.02. The molecule has 4 N–H and O–H groups in total. The maximum Gasteiger partial charge on any atom is 0.317 e. The number of hydrogen-bond acceptors (Lipinski definition) is 6. The van der Waals surface area contributed by atoms with Gasteiger partial charge in [-0.15, -0.1) is 0 Å². The number of nitrogens with one attached hydrogen (secondary N) is 1. The highest BCUT2D eigenvalue weighted by atomic mass is 79.9. The number of carboxylic acids is 1. The zero-order valence-electron chi connectivity index (χ0n) is 15.9. The molecule has 12 heteroatoms. The Morgan fingerprint density at radius 2 is 2.06 bits per heavy atom. The molecular weight excluding hydrogens is 483 g/mol. The summed E-state index contributed by atoms with van der Waals surface area (Å²) in [6.45, 7) is -1.29. The minimum atomic E-state index is -3.20. The first-order chi connectivity index (χ1) is 14.6. The number of aliphatic imine (C=N–C) groups is 1. The van der Waals surface area contributed by atoms with Gasteiger partial charge in [-0.1, -0.05) is 0 Å². The van der Waals surface area contributed by atoms with E-state index >= 15 is 0 Å². The number of amides is 1. The molecule has 8 nitrogen and oxygen atoms in total. The second-order valence-corrected chi connectivity index (χ2v) is 7.79. The van der Waals surface area contributed by atoms with Crippen LogP contribution in [0.25, 0.3) is 0 Å². The highest BCUT2D eigenvalue weighted by Gasteiger charge is 2.48. The van der Waals surface area contributed by atoms with E-state index in [1.807, 2.05) is 0 Å². The fourth-order valence-electron chi connectivity index (χ4n) is 3.28. The minimum absolute atomic E-state index is 0.0373. The van der Waals surface area contributed by atoms with E-state index in [4.69, 9.17) is 10.8 Å². The van der Waals surface area contributed by atoms with Crippen molar-refractivity contribution in [2.45, 2.75) is 12.0 Å². The molecule has 1 aliphatic rings. The SMILES string of the molecule is NC1=NC(c2cc(NC(=O)c3ccc(Br)cn3)ccc2F)(C(F)F)CN(CC(=O)O)C1. The topological polar surface area (TPSA) is 121 Å². The van der Waals surface area contributed by atoms with Gasteiger partial charge < -0.3 is 16.2 Å². The quantitative estimate of drug-likeness (QED) is 0.561. The van der Waals surface area contributed by atoms with Crippen LogP contribution in [-0.4, -0.2) is 58.8 Å². The molecule has 2 aromatic rings. The molecule has 1 aromatic heterocycles. The second-order valence-electron chi connectivity index (χ2n) is 6.88. The first-order valence-electron chi connectivity index (χ1n) is 8.90. The standard InChI is InChI=1S/C19H17BrF3N5O3/c20-10-1-4-14(25-6-10)17(31)26-11-2-3-13(21)12(5-11)19(18(22)23)9-28(8-16(29)30)7-15(24)27-19/h1-6,18H,7-9H2,(H2,24,27)(H,26,31)(H,29,30). The first-order valence-corrected chi connectivity index (χ1v) is 9.69. The molecule has 2 heterocycles. The van der Waals surface area contributed by atoms with E-state index < -0.39 is 48.3 Å². The van der Waals surface area contributed by atoms with E-state index in [1.54, 1.807) is 6.07 Å². The highest BCUT2D eigenvalue weighted by Crippen LogP contribution is 2.38. The molecule has 0 aliphatic carbocycles. The van der Waals surface area contributed by atoms with Crippen molar-refractivity contribution in [1.82, 2.24) is 9.88 Å². The van der Waals surface area contributed by atoms with Crippen LogP contribution in [-0.2, 0) is 10.3 Å². The van der Waals surface area contributed by atoms with Crippen LogP contribution in [0, 0.1) is 5.82 Å². The van der Waals surface area contributed by atoms with Crippen molar-refractivity contribution >= 4 is 39.3 Å². The molecule has 164 valence electrons. The molecule has 1 amide bonds. The van der Waals surface area contributed by atoms with Gasteiger partial charge in [0.15, 0.2) is 5.54 Å². The Morgan fingerprint density at radius 1 is 1.32 bits per heavy atom. The number of nitrogens with two attached hydrogens (primary N) is 1. The Bertz CT molecular complexity index is 1030. The molecule has 1 aliphatic heterocycles. The van der Waals surface area contributed by atoms with Crippen LogP contribution in [0.3, 0.4) is 0 Å². The Morgan fingerprint density at radius 3 is 2.68 bits per heavy atom. The van der Waals surface area contributed by atoms with Crippen LogP contribution in [0.2, 0.25) is 0 Å². The lowest BCUT2D eigenvalue weighted by molar-refractivity contribution is -0.138. The Kier molecular flexibility index (Phi) is 6.60. The molecule has 0 bridgehead atoms. The summed E-state index contributed by atoms with van der Waals surface area (Å²) < 4.78 is 43.8. The van der Waals surface area contributed by atoms with Crippen LogP contribution < -0.4 is 11.1 Å². The molecule has 0 saturated heterocycles. The third-order valence-electron chi connectivity index (χ3n) is 4.56. The third-order valence-corrected chi connectivity index (χ3v) is 5.03. The number of hydrogen-bond donors (Lipinski definition) is 3. The van der Waals surface area contributed by atoms with E-state index in [0.29, 0.717) is 4.47 Å². The number of halogens is 4. The fraction of sp³-hybridized carbons (Fsp3) is 0.263. The van der Waals surface area contributed by atoms with Crippen molar-refractivity contribution in [2.24, 2.45) is 10.7 Å². The van der Waals surface area contributed by atoms with Crippen molar-refractivity contribution in [3.8, 4) is 0 Å². The van der Waals surface area contributed by atoms with Gasteiger partial charge in [-0.3, -0.25) is 19.5 Å². The van der Waals surface area contributed by atoms with E-state index in [1.165, 1.54) is 18.3 Å². The molecule has 0 saturated carbocycles. The van der Waals surface area contributed by atoms with Crippen molar-refractivity contribution in [1.29, 1.82) is 0 Å². The predicted octanol–water partition coefficient (Wildman–Crippen LogP) is 2.45. The second kappa shape index (κ2) is 9.02. The van der Waals surface area contributed by atoms with E-state index in [0.717, 1.165) is 17.0 Å². The molecule has 31 heavy (non-hydrogen) atoms. The molecule has 1 aromatic carbocycles. The van der Waals surface area contributed by atoms with Crippen LogP contribution in [0.15, 0.2) is 46.0 Å². The molecule has 0 radical (unpaired) electrons. The smallest absolute Gasteiger partial charge is 0.317 e. The van der Waals surface area contributed by atoms with Gasteiger partial charge in [-0.2, -0.15) is 0 Å². The van der Waals surface area contributed by atoms with Crippen LogP contribution >= 0.6 is 15.9 Å². The summed E-state index contributed by atoms with van der Waals surface area (Å²) >= 11 is 3.20. The van der Waals surface area contributed by atoms with Crippen LogP contribution in [0.5, 0.6) is 0 Å². The summed E-state index contributed by atoms with van der Waals surface area (Å²) in [5, 5.41) is 11.5. The average molecular weight is 500 g/mol. The number of alkyl halides is 2. The Labute approximate surface area is 183 Å². The summed E-state index contributed by atoms with van der Waals surface area (Å²) in [5.74, 6) is -3.12. The number of anilines is 1. The molecule has 1 atom stereocenters. The van der Waals surface area contributed by atoms with Crippen molar-refractivity contribution in [3.63, 3.8) is 0 Å². The van der Waals surface area contributed by atoms with Gasteiger partial charge in [0.05, 0.1) is 13.1 Å². The fourth-order valence-corrected chi connectivity index (χ4v) is 3.51. The van der Waals surface area contributed by atoms with Gasteiger partial charge in [-0.25, -0.2) is 18.2 Å². The molecule has 1 unspecified atom stereocenters. The van der Waals surface area contributed by atoms with E-state index in [2.05, 4.69) is 31.2 Å². The van der Waals surface area contributed by atoms with Gasteiger partial charge >= 0.3 is 5.97 Å². The Balaban J connectivity index is 1.97. The normalized spacial score (nSPS) is 19.2. The van der Waals surface area contributed by atoms with Crippen molar-refractivity contribution < 1.29 is 27.9 Å². The number of aliphatic carboxylic acids is 1. The maximum absolute atomic E-state index is 14.7. The number of benzene rings is 1. The number of carbonyl (C=O) groups excluding carboxylic acids is 1. The number of pyridine rings is 1. The lowest BCUT2D eigenvalue weighted by Crippen LogP contribution is -2.54. The molecule has 0 fully saturated rings. The molecular formula is C19H17BrF3N5O3. The zero-order valence-corrected chi connectivity index (χ0v) is 17.4. The van der Waals surface area contributed by atoms with Gasteiger partial charge in [0.1, 0.15) is 17.3 Å². The molecule has 0 spiro atoms. The first kappa shape index (κ1) is 22.7. The van der Waals surface area contributed by atoms with Gasteiger partial charge in [0, 0.05) is 28.5 Å². The Hall–Kier alpha value is -2.99. The molecule has 3 rings (SSSR count). The number of carbonyl (C=O) groups is 2. The summed E-state index contributed by atoms with van der Waals surface area (Å²) in [7, 11) is 0. The number of nitrogens with zero attached hydrogens (tertiary/aromatic N) is 3. The van der Waals surface area contributed by atoms with Crippen LogP contribution in [0.1, 0.15) is 16.1 Å². The van der Waals surface area contributed by atoms with E-state index in [-0.39, 0.29) is 23.8 Å². The van der Waals surface area contributed by atoms with Crippen molar-refractivity contribution in [2.75, 3.05) is 25.0 Å². The van der Waals surface area contributed by atoms with Gasteiger partial charge in [0.25, 0.3) is 12.3 Å². The summed E-state index contributed by atoms with van der Waals surface area (Å²) in [4.78, 5) is 32.4. The largest absolute Gasteiger partial charge is 0.480 e. The maximum atomic E-state index is 14.7. The number of amidine groups is 1. The van der Waals surface area contributed by atoms with Gasteiger partial charge in [0.2, 0.25) is 0 Å². The summed E-state index contributed by atoms with van der Waals surface area (Å²) in [6.07, 6.45) is -1.79. The minimum Gasteiger partial charge on any atom is -0.480 e. The van der Waals surface area contributed by atoms with Crippen LogP contribution in [0.4, 0.5) is 18.9 Å². The predicted molar refractivity (Wildman–Crippen MR) is 110 cm³/mol. The summed E-state index contributed by atoms with van der Waals surface area (Å²) in [6, 6.07) is 6.21. The van der Waals surface area contributed by atoms with Gasteiger partial charge in [-0.05, 0) is 46.3 Å².